The van der Waals surface area contributed by atoms with Gasteiger partial charge in [0, 0.05) is 12.3 Å². The monoisotopic (exact) mass is 161 g/mol. The number of rotatable bonds is 3. The number of aromatic nitrogens is 1. The molecular weight excluding hydrogens is 150 g/mol. The van der Waals surface area contributed by atoms with Crippen LogP contribution in [0.4, 0.5) is 0 Å². The van der Waals surface area contributed by atoms with Gasteiger partial charge in [-0.3, -0.25) is 0 Å². The Labute approximate surface area is 72.2 Å². The first-order valence-electron chi connectivity index (χ1n) is 3.70. The zero-order valence-corrected chi connectivity index (χ0v) is 7.03. The summed E-state index contributed by atoms with van der Waals surface area (Å²) in [6, 6.07) is 3.77. The van der Waals surface area contributed by atoms with Gasteiger partial charge in [0.25, 0.3) is 0 Å². The normalized spacial score (nSPS) is 10.1. The smallest absolute Gasteiger partial charge is 0.218 e. The number of hydrogen-bond donors (Lipinski definition) is 0. The molecule has 0 unspecified atom stereocenters. The van der Waals surface area contributed by atoms with Gasteiger partial charge in [0.15, 0.2) is 0 Å². The zero-order valence-electron chi connectivity index (χ0n) is 7.03. The van der Waals surface area contributed by atoms with Crippen molar-refractivity contribution in [1.29, 1.82) is 0 Å². The van der Waals surface area contributed by atoms with Gasteiger partial charge in [-0.1, -0.05) is 18.7 Å². The van der Waals surface area contributed by atoms with Crippen molar-refractivity contribution in [3.63, 3.8) is 0 Å². The number of ether oxygens (including phenoxy) is 1. The summed E-state index contributed by atoms with van der Waals surface area (Å²) in [4.78, 5) is 4.04. The van der Waals surface area contributed by atoms with Crippen LogP contribution in [0.1, 0.15) is 5.56 Å². The van der Waals surface area contributed by atoms with Crippen molar-refractivity contribution in [1.82, 2.24) is 4.98 Å². The summed E-state index contributed by atoms with van der Waals surface area (Å²) < 4.78 is 5.14. The predicted molar refractivity (Wildman–Crippen MR) is 48.9 cm³/mol. The first-order chi connectivity index (χ1) is 5.83. The van der Waals surface area contributed by atoms with Crippen LogP contribution < -0.4 is 4.74 Å². The van der Waals surface area contributed by atoms with E-state index in [1.807, 2.05) is 19.1 Å². The van der Waals surface area contributed by atoms with Gasteiger partial charge < -0.3 is 4.74 Å². The Bertz CT molecular complexity index is 274. The Balaban J connectivity index is 2.58. The second-order valence-electron chi connectivity index (χ2n) is 2.36. The van der Waals surface area contributed by atoms with E-state index in [-0.39, 0.29) is 0 Å². The summed E-state index contributed by atoms with van der Waals surface area (Å²) in [5.41, 5.74) is 1.12. The highest BCUT2D eigenvalue weighted by Crippen LogP contribution is 2.06. The van der Waals surface area contributed by atoms with Crippen molar-refractivity contribution >= 4 is 0 Å². The molecule has 1 rings (SSSR count). The molecule has 0 saturated heterocycles. The second-order valence-corrected chi connectivity index (χ2v) is 2.36. The maximum absolute atomic E-state index is 5.14. The van der Waals surface area contributed by atoms with Gasteiger partial charge in [0.2, 0.25) is 5.88 Å². The molecule has 0 radical (unpaired) electrons. The van der Waals surface area contributed by atoms with Crippen molar-refractivity contribution in [2.75, 3.05) is 0 Å². The van der Waals surface area contributed by atoms with E-state index in [0.29, 0.717) is 5.88 Å². The van der Waals surface area contributed by atoms with Crippen LogP contribution in [0, 0.1) is 6.92 Å². The van der Waals surface area contributed by atoms with E-state index >= 15 is 0 Å². The summed E-state index contributed by atoms with van der Waals surface area (Å²) >= 11 is 0. The second kappa shape index (κ2) is 4.34. The number of pyridine rings is 1. The number of allylic oxidation sites excluding steroid dienone is 2. The fourth-order valence-electron chi connectivity index (χ4n) is 0.689. The summed E-state index contributed by atoms with van der Waals surface area (Å²) in [6.07, 6.45) is 6.66. The van der Waals surface area contributed by atoms with Gasteiger partial charge in [-0.05, 0) is 18.6 Å². The minimum Gasteiger partial charge on any atom is -0.447 e. The van der Waals surface area contributed by atoms with Gasteiger partial charge >= 0.3 is 0 Å². The molecule has 0 atom stereocenters. The number of nitrogens with zero attached hydrogens (tertiary/aromatic N) is 1. The lowest BCUT2D eigenvalue weighted by Gasteiger charge is -1.97. The van der Waals surface area contributed by atoms with Gasteiger partial charge in [-0.25, -0.2) is 4.98 Å². The number of aryl methyl sites for hydroxylation is 1. The van der Waals surface area contributed by atoms with Gasteiger partial charge in [0.05, 0.1) is 6.26 Å². The Hall–Kier alpha value is -1.57. The molecule has 12 heavy (non-hydrogen) atoms. The topological polar surface area (TPSA) is 22.1 Å². The minimum absolute atomic E-state index is 0.596. The SMILES string of the molecule is C=C/C=C/Oc1ccc(C)cn1. The molecule has 1 aromatic heterocycles. The average molecular weight is 161 g/mol. The molecule has 0 bridgehead atoms. The molecule has 0 aliphatic heterocycles. The van der Waals surface area contributed by atoms with Crippen molar-refractivity contribution in [3.05, 3.63) is 48.9 Å². The van der Waals surface area contributed by atoms with E-state index in [1.165, 1.54) is 0 Å². The standard InChI is InChI=1S/C10H11NO/c1-3-4-7-12-10-6-5-9(2)8-11-10/h3-8H,1H2,2H3/b7-4+. The van der Waals surface area contributed by atoms with Crippen LogP contribution in [0.2, 0.25) is 0 Å². The third-order valence-electron chi connectivity index (χ3n) is 1.29. The van der Waals surface area contributed by atoms with Crippen LogP contribution in [0.3, 0.4) is 0 Å². The lowest BCUT2D eigenvalue weighted by atomic mass is 10.3. The van der Waals surface area contributed by atoms with Crippen LogP contribution in [0.5, 0.6) is 5.88 Å². The molecular formula is C10H11NO. The van der Waals surface area contributed by atoms with E-state index in [9.17, 15) is 0 Å². The first kappa shape index (κ1) is 8.53. The summed E-state index contributed by atoms with van der Waals surface area (Å²) in [7, 11) is 0. The molecule has 0 spiro atoms. The molecule has 0 aromatic carbocycles. The van der Waals surface area contributed by atoms with Crippen LogP contribution in [0.15, 0.2) is 43.3 Å². The van der Waals surface area contributed by atoms with Crippen molar-refractivity contribution in [2.24, 2.45) is 0 Å². The highest BCUT2D eigenvalue weighted by Gasteiger charge is 1.89. The fourth-order valence-corrected chi connectivity index (χ4v) is 0.689. The summed E-state index contributed by atoms with van der Waals surface area (Å²) in [6.45, 7) is 5.50. The molecule has 2 nitrogen and oxygen atoms in total. The average Bonchev–Trinajstić information content (AvgIpc) is 2.09. The first-order valence-corrected chi connectivity index (χ1v) is 3.70. The van der Waals surface area contributed by atoms with E-state index in [2.05, 4.69) is 11.6 Å². The summed E-state index contributed by atoms with van der Waals surface area (Å²) in [5.74, 6) is 0.596. The van der Waals surface area contributed by atoms with Crippen LogP contribution in [0.25, 0.3) is 0 Å². The Morgan fingerprint density at radius 1 is 1.50 bits per heavy atom. The maximum atomic E-state index is 5.14. The van der Waals surface area contributed by atoms with E-state index < -0.39 is 0 Å². The Morgan fingerprint density at radius 2 is 2.33 bits per heavy atom. The molecule has 1 aromatic rings. The largest absolute Gasteiger partial charge is 0.447 e. The minimum atomic E-state index is 0.596. The van der Waals surface area contributed by atoms with Crippen LogP contribution in [-0.4, -0.2) is 4.98 Å². The Morgan fingerprint density at radius 3 is 2.92 bits per heavy atom. The van der Waals surface area contributed by atoms with E-state index in [4.69, 9.17) is 4.74 Å². The number of hydrogen-bond acceptors (Lipinski definition) is 2. The van der Waals surface area contributed by atoms with E-state index in [0.717, 1.165) is 5.56 Å². The van der Waals surface area contributed by atoms with Gasteiger partial charge in [-0.2, -0.15) is 0 Å². The third kappa shape index (κ3) is 2.58. The molecule has 0 fully saturated rings. The molecule has 0 aliphatic rings. The maximum Gasteiger partial charge on any atom is 0.218 e. The van der Waals surface area contributed by atoms with Crippen LogP contribution in [-0.2, 0) is 0 Å². The lowest BCUT2D eigenvalue weighted by molar-refractivity contribution is 0.461. The molecule has 0 N–H and O–H groups in total. The highest BCUT2D eigenvalue weighted by molar-refractivity contribution is 5.17. The molecule has 1 heterocycles. The molecule has 0 amide bonds. The lowest BCUT2D eigenvalue weighted by Crippen LogP contribution is -1.85. The highest BCUT2D eigenvalue weighted by atomic mass is 16.5. The van der Waals surface area contributed by atoms with Gasteiger partial charge in [-0.15, -0.1) is 0 Å². The molecule has 0 aliphatic carbocycles. The summed E-state index contributed by atoms with van der Waals surface area (Å²) in [5, 5.41) is 0. The third-order valence-corrected chi connectivity index (χ3v) is 1.29. The van der Waals surface area contributed by atoms with Crippen LogP contribution >= 0.6 is 0 Å². The zero-order chi connectivity index (χ0) is 8.81. The van der Waals surface area contributed by atoms with Crippen molar-refractivity contribution in [3.8, 4) is 5.88 Å². The van der Waals surface area contributed by atoms with Gasteiger partial charge in [0.1, 0.15) is 0 Å². The molecule has 0 saturated carbocycles. The van der Waals surface area contributed by atoms with Crippen molar-refractivity contribution < 1.29 is 4.74 Å². The fraction of sp³-hybridized carbons (Fsp3) is 0.100. The molecule has 2 heteroatoms. The molecule has 62 valence electrons. The Kier molecular flexibility index (Phi) is 3.08. The predicted octanol–water partition coefficient (Wildman–Crippen LogP) is 2.47. The quantitative estimate of drug-likeness (QED) is 0.502. The van der Waals surface area contributed by atoms with Crippen molar-refractivity contribution in [2.45, 2.75) is 6.92 Å². The van der Waals surface area contributed by atoms with E-state index in [1.54, 1.807) is 24.6 Å².